The summed E-state index contributed by atoms with van der Waals surface area (Å²) in [7, 11) is 0. The van der Waals surface area contributed by atoms with E-state index in [1.54, 1.807) is 0 Å². The van der Waals surface area contributed by atoms with Crippen LogP contribution in [-0.4, -0.2) is 38.2 Å². The second-order valence-electron chi connectivity index (χ2n) is 1.73. The molecule has 0 radical (unpaired) electrons. The minimum absolute atomic E-state index is 0.631. The molecule has 1 rings (SSSR count). The van der Waals surface area contributed by atoms with E-state index in [-0.39, 0.29) is 0 Å². The first-order chi connectivity index (χ1) is 5.00. The van der Waals surface area contributed by atoms with E-state index in [1.165, 1.54) is 0 Å². The lowest BCUT2D eigenvalue weighted by atomic mass is 10.6. The average molecular weight is 136 g/mol. The largest absolute Gasteiger partial charge is 0.224 e. The molecule has 10 heavy (non-hydrogen) atoms. The minimum atomic E-state index is 0.631. The highest BCUT2D eigenvalue weighted by atomic mass is 14.9. The molecule has 1 aliphatic heterocycles. The summed E-state index contributed by atoms with van der Waals surface area (Å²) in [6, 6.07) is 5.11. The number of hydrogen-bond donors (Lipinski definition) is 0. The van der Waals surface area contributed by atoms with Crippen LogP contribution in [0.1, 0.15) is 0 Å². The Balaban J connectivity index is 2.50. The molecule has 4 nitrogen and oxygen atoms in total. The molecule has 0 atom stereocenters. The van der Waals surface area contributed by atoms with Crippen LogP contribution in [0.15, 0.2) is 20.0 Å². The SMILES string of the molecule is C1=NCCN=C=NCCN=1. The Hall–Kier alpha value is -1.24. The summed E-state index contributed by atoms with van der Waals surface area (Å²) >= 11 is 0. The van der Waals surface area contributed by atoms with E-state index in [4.69, 9.17) is 0 Å². The molecule has 1 aliphatic rings. The van der Waals surface area contributed by atoms with Gasteiger partial charge in [-0.05, 0) is 0 Å². The van der Waals surface area contributed by atoms with Crippen LogP contribution in [0.2, 0.25) is 0 Å². The highest BCUT2D eigenvalue weighted by Gasteiger charge is 1.79. The Morgan fingerprint density at radius 1 is 0.600 bits per heavy atom. The molecule has 0 aromatic heterocycles. The van der Waals surface area contributed by atoms with E-state index in [0.717, 1.165) is 0 Å². The van der Waals surface area contributed by atoms with E-state index < -0.39 is 0 Å². The third-order valence-corrected chi connectivity index (χ3v) is 0.930. The maximum Gasteiger partial charge on any atom is 0.0893 e. The lowest BCUT2D eigenvalue weighted by Crippen LogP contribution is -1.89. The molecule has 4 heteroatoms. The van der Waals surface area contributed by atoms with Crippen LogP contribution < -0.4 is 0 Å². The molecular formula is C6H8N4. The van der Waals surface area contributed by atoms with Crippen molar-refractivity contribution in [2.45, 2.75) is 0 Å². The van der Waals surface area contributed by atoms with Crippen LogP contribution in [0.25, 0.3) is 0 Å². The molecule has 0 saturated carbocycles. The summed E-state index contributed by atoms with van der Waals surface area (Å²) < 4.78 is 0. The first-order valence-electron chi connectivity index (χ1n) is 3.16. The van der Waals surface area contributed by atoms with Gasteiger partial charge in [-0.15, -0.1) is 0 Å². The Morgan fingerprint density at radius 3 is 1.20 bits per heavy atom. The predicted molar refractivity (Wildman–Crippen MR) is 39.2 cm³/mol. The van der Waals surface area contributed by atoms with Gasteiger partial charge in [-0.1, -0.05) is 0 Å². The lowest BCUT2D eigenvalue weighted by Gasteiger charge is -1.84. The molecule has 0 aliphatic carbocycles. The van der Waals surface area contributed by atoms with Gasteiger partial charge in [-0.3, -0.25) is 0 Å². The summed E-state index contributed by atoms with van der Waals surface area (Å²) in [5.74, 6) is 0. The van der Waals surface area contributed by atoms with Gasteiger partial charge >= 0.3 is 0 Å². The van der Waals surface area contributed by atoms with Crippen molar-refractivity contribution in [3.8, 4) is 0 Å². The van der Waals surface area contributed by atoms with E-state index in [9.17, 15) is 0 Å². The van der Waals surface area contributed by atoms with E-state index in [1.807, 2.05) is 0 Å². The molecule has 0 bridgehead atoms. The minimum Gasteiger partial charge on any atom is -0.224 e. The van der Waals surface area contributed by atoms with Gasteiger partial charge < -0.3 is 0 Å². The number of aliphatic imine (C=N–C) groups is 4. The fourth-order valence-electron chi connectivity index (χ4n) is 0.500. The van der Waals surface area contributed by atoms with Crippen molar-refractivity contribution in [3.63, 3.8) is 0 Å². The van der Waals surface area contributed by atoms with Gasteiger partial charge in [-0.25, -0.2) is 20.0 Å². The first-order valence-corrected chi connectivity index (χ1v) is 3.16. The van der Waals surface area contributed by atoms with Gasteiger partial charge in [0.2, 0.25) is 0 Å². The zero-order valence-corrected chi connectivity index (χ0v) is 5.62. The van der Waals surface area contributed by atoms with Crippen molar-refractivity contribution in [1.29, 1.82) is 0 Å². The maximum absolute atomic E-state index is 3.84. The zero-order chi connectivity index (χ0) is 7.07. The van der Waals surface area contributed by atoms with Crippen LogP contribution in [0, 0.1) is 0 Å². The fourth-order valence-corrected chi connectivity index (χ4v) is 0.500. The van der Waals surface area contributed by atoms with Crippen LogP contribution in [0.5, 0.6) is 0 Å². The van der Waals surface area contributed by atoms with Gasteiger partial charge in [0.05, 0.1) is 38.2 Å². The highest BCUT2D eigenvalue weighted by molar-refractivity contribution is 5.43. The molecule has 0 amide bonds. The summed E-state index contributed by atoms with van der Waals surface area (Å²) in [5, 5.41) is 0. The van der Waals surface area contributed by atoms with Crippen LogP contribution in [0.3, 0.4) is 0 Å². The Morgan fingerprint density at radius 2 is 0.900 bits per heavy atom. The second kappa shape index (κ2) is 4.62. The molecule has 0 aromatic carbocycles. The number of rotatable bonds is 0. The van der Waals surface area contributed by atoms with Gasteiger partial charge in [0, 0.05) is 0 Å². The van der Waals surface area contributed by atoms with Crippen LogP contribution in [-0.2, 0) is 0 Å². The first kappa shape index (κ1) is 6.87. The molecule has 52 valence electrons. The Kier molecular flexibility index (Phi) is 3.18. The third-order valence-electron chi connectivity index (χ3n) is 0.930. The zero-order valence-electron chi connectivity index (χ0n) is 5.62. The molecule has 0 fully saturated rings. The molecule has 0 aromatic rings. The average Bonchev–Trinajstić information content (AvgIpc) is 2.01. The van der Waals surface area contributed by atoms with E-state index in [2.05, 4.69) is 32.0 Å². The van der Waals surface area contributed by atoms with Crippen LogP contribution >= 0.6 is 0 Å². The number of nitrogens with zero attached hydrogens (tertiary/aromatic N) is 4. The summed E-state index contributed by atoms with van der Waals surface area (Å²) in [5.41, 5.74) is 0. The van der Waals surface area contributed by atoms with Gasteiger partial charge in [0.15, 0.2) is 0 Å². The smallest absolute Gasteiger partial charge is 0.0893 e. The maximum atomic E-state index is 3.84. The summed E-state index contributed by atoms with van der Waals surface area (Å²) in [4.78, 5) is 15.4. The van der Waals surface area contributed by atoms with Gasteiger partial charge in [-0.2, -0.15) is 0 Å². The van der Waals surface area contributed by atoms with Crippen LogP contribution in [0.4, 0.5) is 0 Å². The van der Waals surface area contributed by atoms with Crippen molar-refractivity contribution in [1.82, 2.24) is 0 Å². The lowest BCUT2D eigenvalue weighted by molar-refractivity contribution is 0.946. The normalized spacial score (nSPS) is 17.6. The molecule has 0 spiro atoms. The van der Waals surface area contributed by atoms with Crippen molar-refractivity contribution < 1.29 is 0 Å². The third kappa shape index (κ3) is 2.92. The van der Waals surface area contributed by atoms with Gasteiger partial charge in [0.25, 0.3) is 0 Å². The van der Waals surface area contributed by atoms with Crippen molar-refractivity contribution in [3.05, 3.63) is 0 Å². The Bertz CT molecular complexity index is 166. The van der Waals surface area contributed by atoms with Crippen molar-refractivity contribution in [2.24, 2.45) is 20.0 Å². The molecule has 0 N–H and O–H groups in total. The molecule has 1 heterocycles. The van der Waals surface area contributed by atoms with E-state index in [0.29, 0.717) is 26.2 Å². The van der Waals surface area contributed by atoms with Gasteiger partial charge in [0.1, 0.15) is 0 Å². The molecule has 0 saturated heterocycles. The molecular weight excluding hydrogens is 128 g/mol. The Labute approximate surface area is 59.1 Å². The monoisotopic (exact) mass is 136 g/mol. The fraction of sp³-hybridized carbons (Fsp3) is 0.667. The summed E-state index contributed by atoms with van der Waals surface area (Å²) in [6.07, 6.45) is 0. The number of hydrogen-bond acceptors (Lipinski definition) is 4. The predicted octanol–water partition coefficient (Wildman–Crippen LogP) is 0.348. The standard InChI is InChI=1S/C6H8N4/c1-2-8-6-10-4-3-9-5-7-1/h1-4H2. The van der Waals surface area contributed by atoms with E-state index >= 15 is 0 Å². The highest BCUT2D eigenvalue weighted by Crippen LogP contribution is 1.75. The topological polar surface area (TPSA) is 49.4 Å². The second-order valence-corrected chi connectivity index (χ2v) is 1.73. The summed E-state index contributed by atoms with van der Waals surface area (Å²) in [6.45, 7) is 2.52. The van der Waals surface area contributed by atoms with Crippen molar-refractivity contribution in [2.75, 3.05) is 26.2 Å². The molecule has 0 unspecified atom stereocenters. The van der Waals surface area contributed by atoms with Crippen molar-refractivity contribution >= 4 is 12.0 Å². The quantitative estimate of drug-likeness (QED) is 0.461.